The molecule has 1 atom stereocenters. The molecule has 0 bridgehead atoms. The van der Waals surface area contributed by atoms with Crippen LogP contribution in [0.1, 0.15) is 0 Å². The summed E-state index contributed by atoms with van der Waals surface area (Å²) in [4.78, 5) is 19.4. The fourth-order valence-corrected chi connectivity index (χ4v) is 0.194. The van der Waals surface area contributed by atoms with Crippen LogP contribution in [0, 0.1) is 0 Å². The molecule has 0 aromatic rings. The molecular formula is C3H5N2NaO4. The van der Waals surface area contributed by atoms with Crippen LogP contribution in [-0.2, 0) is 4.79 Å². The minimum absolute atomic E-state index is 0. The molecule has 0 heterocycles. The summed E-state index contributed by atoms with van der Waals surface area (Å²) < 4.78 is 0. The molecule has 2 amide bonds. The number of nitrogens with one attached hydrogen (secondary N) is 1. The molecule has 0 aliphatic heterocycles. The number of hydrogen-bond donors (Lipinski definition) is 3. The Morgan fingerprint density at radius 1 is 1.60 bits per heavy atom. The van der Waals surface area contributed by atoms with Gasteiger partial charge in [-0.15, -0.1) is 0 Å². The topological polar surface area (TPSA) is 115 Å². The van der Waals surface area contributed by atoms with Crippen molar-refractivity contribution in [1.29, 1.82) is 0 Å². The van der Waals surface area contributed by atoms with E-state index in [0.717, 1.165) is 0 Å². The summed E-state index contributed by atoms with van der Waals surface area (Å²) >= 11 is 0. The Morgan fingerprint density at radius 2 is 2.00 bits per heavy atom. The average molecular weight is 156 g/mol. The van der Waals surface area contributed by atoms with Crippen LogP contribution in [0.3, 0.4) is 0 Å². The van der Waals surface area contributed by atoms with E-state index < -0.39 is 18.2 Å². The van der Waals surface area contributed by atoms with Crippen LogP contribution in [0.5, 0.6) is 0 Å². The quantitative estimate of drug-likeness (QED) is 0.272. The van der Waals surface area contributed by atoms with Crippen LogP contribution in [0.4, 0.5) is 4.79 Å². The van der Waals surface area contributed by atoms with Gasteiger partial charge in [0.1, 0.15) is 0 Å². The predicted octanol–water partition coefficient (Wildman–Crippen LogP) is -6.27. The van der Waals surface area contributed by atoms with Crippen molar-refractivity contribution in [2.45, 2.75) is 6.23 Å². The summed E-state index contributed by atoms with van der Waals surface area (Å²) in [5.41, 5.74) is 4.43. The molecule has 6 nitrogen and oxygen atoms in total. The van der Waals surface area contributed by atoms with E-state index in [-0.39, 0.29) is 29.6 Å². The molecule has 0 aliphatic rings. The van der Waals surface area contributed by atoms with E-state index in [4.69, 9.17) is 5.11 Å². The number of amides is 2. The molecule has 0 rings (SSSR count). The number of rotatable bonds is 2. The maximum Gasteiger partial charge on any atom is 1.00 e. The van der Waals surface area contributed by atoms with Crippen LogP contribution >= 0.6 is 0 Å². The Balaban J connectivity index is 0. The van der Waals surface area contributed by atoms with Crippen molar-refractivity contribution in [1.82, 2.24) is 5.32 Å². The summed E-state index contributed by atoms with van der Waals surface area (Å²) in [6.07, 6.45) is -2.03. The van der Waals surface area contributed by atoms with Crippen molar-refractivity contribution in [2.24, 2.45) is 5.73 Å². The largest absolute Gasteiger partial charge is 1.00 e. The summed E-state index contributed by atoms with van der Waals surface area (Å²) in [6, 6.07) is -1.12. The van der Waals surface area contributed by atoms with Gasteiger partial charge in [-0.05, 0) is 0 Å². The minimum atomic E-state index is -2.03. The van der Waals surface area contributed by atoms with Gasteiger partial charge >= 0.3 is 35.6 Å². The zero-order chi connectivity index (χ0) is 7.44. The van der Waals surface area contributed by atoms with Crippen LogP contribution in [0.25, 0.3) is 0 Å². The molecular weight excluding hydrogens is 151 g/mol. The van der Waals surface area contributed by atoms with Crippen LogP contribution in [0.2, 0.25) is 0 Å². The second-order valence-corrected chi connectivity index (χ2v) is 1.23. The van der Waals surface area contributed by atoms with Gasteiger partial charge in [0.2, 0.25) is 0 Å². The Morgan fingerprint density at radius 3 is 2.10 bits per heavy atom. The maximum atomic E-state index is 9.77. The number of nitrogens with two attached hydrogens (primary N) is 1. The van der Waals surface area contributed by atoms with E-state index in [1.54, 1.807) is 0 Å². The molecule has 0 spiro atoms. The van der Waals surface area contributed by atoms with Gasteiger partial charge < -0.3 is 26.1 Å². The van der Waals surface area contributed by atoms with Crippen molar-refractivity contribution in [3.63, 3.8) is 0 Å². The van der Waals surface area contributed by atoms with Crippen molar-refractivity contribution < 1.29 is 49.4 Å². The molecule has 0 fully saturated rings. The van der Waals surface area contributed by atoms with Crippen LogP contribution in [0.15, 0.2) is 0 Å². The first kappa shape index (κ1) is 12.4. The summed E-state index contributed by atoms with van der Waals surface area (Å²) in [7, 11) is 0. The van der Waals surface area contributed by atoms with Crippen molar-refractivity contribution >= 4 is 12.0 Å². The van der Waals surface area contributed by atoms with E-state index in [9.17, 15) is 14.7 Å². The van der Waals surface area contributed by atoms with Crippen LogP contribution < -0.4 is 45.7 Å². The average Bonchev–Trinajstić information content (AvgIpc) is 1.63. The Labute approximate surface area is 78.7 Å². The Hall–Kier alpha value is -0.300. The second kappa shape index (κ2) is 5.48. The van der Waals surface area contributed by atoms with Gasteiger partial charge in [0.15, 0.2) is 6.23 Å². The first-order chi connectivity index (χ1) is 4.04. The number of aliphatic hydroxyl groups is 1. The van der Waals surface area contributed by atoms with Crippen molar-refractivity contribution in [2.75, 3.05) is 0 Å². The first-order valence-corrected chi connectivity index (χ1v) is 1.99. The number of aliphatic hydroxyl groups excluding tert-OH is 1. The summed E-state index contributed by atoms with van der Waals surface area (Å²) in [5.74, 6) is -1.80. The molecule has 7 heteroatoms. The number of hydrogen-bond acceptors (Lipinski definition) is 4. The van der Waals surface area contributed by atoms with Gasteiger partial charge in [-0.25, -0.2) is 4.79 Å². The number of carboxylic acid groups (broad SMARTS) is 1. The monoisotopic (exact) mass is 156 g/mol. The smallest absolute Gasteiger partial charge is 0.545 e. The SMILES string of the molecule is NC(=O)NC(O)C(=O)[O-].[Na+]. The van der Waals surface area contributed by atoms with E-state index in [1.807, 2.05) is 0 Å². The predicted molar refractivity (Wildman–Crippen MR) is 23.7 cm³/mol. The van der Waals surface area contributed by atoms with E-state index >= 15 is 0 Å². The molecule has 4 N–H and O–H groups in total. The van der Waals surface area contributed by atoms with Crippen molar-refractivity contribution in [3.8, 4) is 0 Å². The molecule has 0 saturated heterocycles. The van der Waals surface area contributed by atoms with Gasteiger partial charge in [-0.2, -0.15) is 0 Å². The summed E-state index contributed by atoms with van der Waals surface area (Å²) in [6.45, 7) is 0. The third-order valence-electron chi connectivity index (χ3n) is 0.502. The molecule has 0 saturated carbocycles. The fraction of sp³-hybridized carbons (Fsp3) is 0.333. The van der Waals surface area contributed by atoms with E-state index in [1.165, 1.54) is 5.32 Å². The number of carboxylic acids is 1. The fourth-order valence-electron chi connectivity index (χ4n) is 0.194. The molecule has 0 aromatic heterocycles. The molecule has 0 radical (unpaired) electrons. The normalized spacial score (nSPS) is 10.9. The number of primary amides is 1. The number of carbonyl (C=O) groups excluding carboxylic acids is 2. The third-order valence-corrected chi connectivity index (χ3v) is 0.502. The first-order valence-electron chi connectivity index (χ1n) is 1.99. The zero-order valence-electron chi connectivity index (χ0n) is 5.33. The molecule has 0 aliphatic carbocycles. The Kier molecular flexibility index (Phi) is 6.79. The van der Waals surface area contributed by atoms with E-state index in [2.05, 4.69) is 5.73 Å². The Bertz CT molecular complexity index is 138. The molecule has 0 aromatic carbocycles. The second-order valence-electron chi connectivity index (χ2n) is 1.23. The maximum absolute atomic E-state index is 9.77. The van der Waals surface area contributed by atoms with Gasteiger partial charge in [0.25, 0.3) is 0 Å². The molecule has 1 unspecified atom stereocenters. The van der Waals surface area contributed by atoms with Gasteiger partial charge in [0, 0.05) is 0 Å². The summed E-state index contributed by atoms with van der Waals surface area (Å²) in [5, 5.41) is 19.3. The standard InChI is InChI=1S/C3H6N2O4.Na/c4-3(9)5-1(6)2(7)8;/h1,6H,(H,7,8)(H3,4,5,9);/q;+1/p-1. The molecule has 52 valence electrons. The number of carbonyl (C=O) groups is 2. The third kappa shape index (κ3) is 5.83. The van der Waals surface area contributed by atoms with Crippen molar-refractivity contribution in [3.05, 3.63) is 0 Å². The van der Waals surface area contributed by atoms with E-state index in [0.29, 0.717) is 0 Å². The van der Waals surface area contributed by atoms with Gasteiger partial charge in [-0.1, -0.05) is 0 Å². The number of urea groups is 1. The molecule has 10 heavy (non-hydrogen) atoms. The zero-order valence-corrected chi connectivity index (χ0v) is 7.33. The van der Waals surface area contributed by atoms with Gasteiger partial charge in [0.05, 0.1) is 5.97 Å². The van der Waals surface area contributed by atoms with Gasteiger partial charge in [-0.3, -0.25) is 0 Å². The van der Waals surface area contributed by atoms with Crippen LogP contribution in [-0.4, -0.2) is 23.3 Å². The number of aliphatic carboxylic acids is 1. The minimum Gasteiger partial charge on any atom is -0.545 e.